The van der Waals surface area contributed by atoms with Gasteiger partial charge in [-0.05, 0) is 11.8 Å². The number of rotatable bonds is 7. The average Bonchev–Trinajstić information content (AvgIpc) is 2.10. The normalized spacial score (nSPS) is 16.0. The smallest absolute Gasteiger partial charge is 0.0417 e. The van der Waals surface area contributed by atoms with Gasteiger partial charge in [0.1, 0.15) is 0 Å². The van der Waals surface area contributed by atoms with Gasteiger partial charge in [-0.1, -0.05) is 66.2 Å². The van der Waals surface area contributed by atoms with Gasteiger partial charge in [0.15, 0.2) is 0 Å². The van der Waals surface area contributed by atoms with Crippen LogP contribution in [0.3, 0.4) is 0 Å². The Morgan fingerprint density at radius 1 is 1.08 bits per heavy atom. The van der Waals surface area contributed by atoms with E-state index in [1.54, 1.807) is 0 Å². The Bertz CT molecular complexity index is 86.0. The third kappa shape index (κ3) is 6.69. The molecule has 0 amide bonds. The first kappa shape index (κ1) is 12.0. The highest BCUT2D eigenvalue weighted by Crippen LogP contribution is 2.18. The maximum Gasteiger partial charge on any atom is -0.0417 e. The summed E-state index contributed by atoms with van der Waals surface area (Å²) in [6.45, 7) is 11.0. The van der Waals surface area contributed by atoms with Gasteiger partial charge in [-0.3, -0.25) is 0 Å². The molecular formula is C12H25. The van der Waals surface area contributed by atoms with E-state index in [1.807, 2.05) is 0 Å². The molecule has 12 heavy (non-hydrogen) atoms. The molecule has 0 nitrogen and oxygen atoms in total. The van der Waals surface area contributed by atoms with Gasteiger partial charge < -0.3 is 0 Å². The summed E-state index contributed by atoms with van der Waals surface area (Å²) in [5.74, 6) is 1.61. The van der Waals surface area contributed by atoms with Gasteiger partial charge in [0.05, 0.1) is 0 Å². The van der Waals surface area contributed by atoms with Crippen molar-refractivity contribution in [2.24, 2.45) is 11.8 Å². The second-order valence-electron chi connectivity index (χ2n) is 4.10. The average molecular weight is 169 g/mol. The highest BCUT2D eigenvalue weighted by molar-refractivity contribution is 4.62. The van der Waals surface area contributed by atoms with Crippen molar-refractivity contribution in [1.82, 2.24) is 0 Å². The van der Waals surface area contributed by atoms with Crippen molar-refractivity contribution in [3.05, 3.63) is 6.92 Å². The molecule has 0 heteroatoms. The SMILES string of the molecule is [CH2]C(CC)CCC(C)CCCC. The standard InChI is InChI=1S/C12H25/c1-5-7-8-12(4)10-9-11(3)6-2/h11-12H,3,5-10H2,1-2,4H3. The monoisotopic (exact) mass is 169 g/mol. The highest BCUT2D eigenvalue weighted by atomic mass is 14.1. The van der Waals surface area contributed by atoms with Crippen molar-refractivity contribution in [3.8, 4) is 0 Å². The van der Waals surface area contributed by atoms with Crippen LogP contribution in [0.15, 0.2) is 0 Å². The summed E-state index contributed by atoms with van der Waals surface area (Å²) in [5.41, 5.74) is 0. The number of hydrogen-bond acceptors (Lipinski definition) is 0. The summed E-state index contributed by atoms with van der Waals surface area (Å²) >= 11 is 0. The molecular weight excluding hydrogens is 144 g/mol. The molecule has 0 aliphatic heterocycles. The minimum absolute atomic E-state index is 0.689. The molecule has 73 valence electrons. The van der Waals surface area contributed by atoms with Gasteiger partial charge in [0.25, 0.3) is 0 Å². The zero-order valence-electron chi connectivity index (χ0n) is 9.10. The summed E-state index contributed by atoms with van der Waals surface area (Å²) in [5, 5.41) is 0. The van der Waals surface area contributed by atoms with Crippen LogP contribution < -0.4 is 0 Å². The van der Waals surface area contributed by atoms with Gasteiger partial charge in [-0.25, -0.2) is 0 Å². The van der Waals surface area contributed by atoms with E-state index < -0.39 is 0 Å². The predicted octanol–water partition coefficient (Wildman–Crippen LogP) is 4.45. The first-order valence-corrected chi connectivity index (χ1v) is 5.53. The fourth-order valence-electron chi connectivity index (χ4n) is 1.42. The van der Waals surface area contributed by atoms with E-state index in [1.165, 1.54) is 38.5 Å². The lowest BCUT2D eigenvalue weighted by Gasteiger charge is -2.13. The van der Waals surface area contributed by atoms with Crippen molar-refractivity contribution >= 4 is 0 Å². The van der Waals surface area contributed by atoms with Crippen molar-refractivity contribution in [3.63, 3.8) is 0 Å². The highest BCUT2D eigenvalue weighted by Gasteiger charge is 2.04. The molecule has 2 unspecified atom stereocenters. The van der Waals surface area contributed by atoms with Crippen LogP contribution in [-0.2, 0) is 0 Å². The molecule has 0 N–H and O–H groups in total. The van der Waals surface area contributed by atoms with Gasteiger partial charge in [-0.15, -0.1) is 0 Å². The van der Waals surface area contributed by atoms with Gasteiger partial charge >= 0.3 is 0 Å². The molecule has 0 aromatic heterocycles. The van der Waals surface area contributed by atoms with E-state index in [0.29, 0.717) is 5.92 Å². The summed E-state index contributed by atoms with van der Waals surface area (Å²) < 4.78 is 0. The predicted molar refractivity (Wildman–Crippen MR) is 57.1 cm³/mol. The Morgan fingerprint density at radius 2 is 1.75 bits per heavy atom. The van der Waals surface area contributed by atoms with Crippen LogP contribution in [0, 0.1) is 18.8 Å². The minimum Gasteiger partial charge on any atom is -0.0654 e. The molecule has 2 atom stereocenters. The summed E-state index contributed by atoms with van der Waals surface area (Å²) in [6.07, 6.45) is 8.08. The van der Waals surface area contributed by atoms with Crippen molar-refractivity contribution in [2.75, 3.05) is 0 Å². The maximum absolute atomic E-state index is 4.11. The number of hydrogen-bond donors (Lipinski definition) is 0. The van der Waals surface area contributed by atoms with Crippen LogP contribution in [-0.4, -0.2) is 0 Å². The zero-order valence-corrected chi connectivity index (χ0v) is 9.10. The minimum atomic E-state index is 0.689. The van der Waals surface area contributed by atoms with Crippen LogP contribution in [0.1, 0.15) is 59.3 Å². The van der Waals surface area contributed by atoms with E-state index >= 15 is 0 Å². The molecule has 0 fully saturated rings. The van der Waals surface area contributed by atoms with Crippen LogP contribution in [0.25, 0.3) is 0 Å². The lowest BCUT2D eigenvalue weighted by Crippen LogP contribution is -1.99. The lowest BCUT2D eigenvalue weighted by atomic mass is 9.93. The Hall–Kier alpha value is 0. The second-order valence-corrected chi connectivity index (χ2v) is 4.10. The van der Waals surface area contributed by atoms with E-state index in [4.69, 9.17) is 0 Å². The van der Waals surface area contributed by atoms with Crippen LogP contribution in [0.5, 0.6) is 0 Å². The van der Waals surface area contributed by atoms with Crippen molar-refractivity contribution in [1.29, 1.82) is 0 Å². The van der Waals surface area contributed by atoms with Crippen molar-refractivity contribution < 1.29 is 0 Å². The van der Waals surface area contributed by atoms with E-state index in [-0.39, 0.29) is 0 Å². The van der Waals surface area contributed by atoms with E-state index in [9.17, 15) is 0 Å². The Balaban J connectivity index is 3.24. The molecule has 0 aliphatic carbocycles. The Morgan fingerprint density at radius 3 is 2.25 bits per heavy atom. The maximum atomic E-state index is 4.11. The number of unbranched alkanes of at least 4 members (excludes halogenated alkanes) is 1. The third-order valence-electron chi connectivity index (χ3n) is 2.70. The van der Waals surface area contributed by atoms with Gasteiger partial charge in [0.2, 0.25) is 0 Å². The summed E-state index contributed by atoms with van der Waals surface area (Å²) in [7, 11) is 0. The molecule has 0 saturated carbocycles. The summed E-state index contributed by atoms with van der Waals surface area (Å²) in [6, 6.07) is 0. The van der Waals surface area contributed by atoms with Crippen molar-refractivity contribution in [2.45, 2.75) is 59.3 Å². The Kier molecular flexibility index (Phi) is 7.64. The summed E-state index contributed by atoms with van der Waals surface area (Å²) in [4.78, 5) is 0. The molecule has 0 rings (SSSR count). The zero-order chi connectivity index (χ0) is 9.40. The van der Waals surface area contributed by atoms with E-state index in [2.05, 4.69) is 27.7 Å². The molecule has 0 aliphatic rings. The molecule has 0 aromatic carbocycles. The first-order chi connectivity index (χ1) is 5.70. The molecule has 0 spiro atoms. The van der Waals surface area contributed by atoms with E-state index in [0.717, 1.165) is 5.92 Å². The quantitative estimate of drug-likeness (QED) is 0.528. The largest absolute Gasteiger partial charge is 0.0654 e. The molecule has 0 heterocycles. The van der Waals surface area contributed by atoms with Gasteiger partial charge in [-0.2, -0.15) is 0 Å². The van der Waals surface area contributed by atoms with Crippen LogP contribution >= 0.6 is 0 Å². The first-order valence-electron chi connectivity index (χ1n) is 5.53. The van der Waals surface area contributed by atoms with Crippen LogP contribution in [0.2, 0.25) is 0 Å². The second kappa shape index (κ2) is 7.64. The topological polar surface area (TPSA) is 0 Å². The fraction of sp³-hybridized carbons (Fsp3) is 0.917. The van der Waals surface area contributed by atoms with Gasteiger partial charge in [0, 0.05) is 0 Å². The lowest BCUT2D eigenvalue weighted by molar-refractivity contribution is 0.415. The molecule has 0 bridgehead atoms. The fourth-order valence-corrected chi connectivity index (χ4v) is 1.42. The molecule has 0 aromatic rings. The third-order valence-corrected chi connectivity index (χ3v) is 2.70. The van der Waals surface area contributed by atoms with Crippen LogP contribution in [0.4, 0.5) is 0 Å². The molecule has 0 saturated heterocycles. The molecule has 1 radical (unpaired) electrons. The Labute approximate surface area is 78.8 Å².